The molecule has 0 N–H and O–H groups in total. The molecule has 0 bridgehead atoms. The van der Waals surface area contributed by atoms with E-state index in [1.165, 1.54) is 55.6 Å². The van der Waals surface area contributed by atoms with Gasteiger partial charge in [0.25, 0.3) is 0 Å². The van der Waals surface area contributed by atoms with Crippen molar-refractivity contribution in [1.82, 2.24) is 0 Å². The molecule has 0 saturated carbocycles. The molecule has 71 heavy (non-hydrogen) atoms. The Balaban J connectivity index is 1.01. The molecule has 0 saturated heterocycles. The van der Waals surface area contributed by atoms with Crippen molar-refractivity contribution in [1.29, 1.82) is 0 Å². The van der Waals surface area contributed by atoms with E-state index in [9.17, 15) is 0 Å². The maximum Gasteiger partial charge on any atom is 0.159 e. The molecule has 0 radical (unpaired) electrons. The number of hydrogen-bond acceptors (Lipinski definition) is 3. The standard InChI is InChI=1S/C68H48N2O/c1-67(2)59-34-17-15-30-53(59)55-39-37-50(42-61(55)67)69(51-38-40-56-54-31-16-18-35-60(54)68(62(56)43-51,46-22-7-3-8-23-46)47-24-9-4-10-25-47)52-41-45-21-19-32-57-58-33-20-36-63(66(58)71-64(44-52)65(45)57)70(48-26-11-5-12-27-48)49-28-13-6-14-29-49/h3-44H,1-2H3. The average molecular weight is 909 g/mol. The summed E-state index contributed by atoms with van der Waals surface area (Å²) < 4.78 is 7.41. The minimum atomic E-state index is -0.561. The number of fused-ring (bicyclic) bond motifs is 8. The zero-order valence-electron chi connectivity index (χ0n) is 39.6. The van der Waals surface area contributed by atoms with Crippen LogP contribution >= 0.6 is 0 Å². The van der Waals surface area contributed by atoms with E-state index < -0.39 is 5.41 Å². The van der Waals surface area contributed by atoms with Crippen LogP contribution in [0.3, 0.4) is 0 Å². The van der Waals surface area contributed by atoms with Crippen LogP contribution in [0.2, 0.25) is 0 Å². The molecule has 0 aromatic heterocycles. The van der Waals surface area contributed by atoms with Gasteiger partial charge in [-0.05, 0) is 127 Å². The highest BCUT2D eigenvalue weighted by Gasteiger charge is 2.46. The average Bonchev–Trinajstić information content (AvgIpc) is 3.85. The second-order valence-corrected chi connectivity index (χ2v) is 19.6. The van der Waals surface area contributed by atoms with Gasteiger partial charge in [0.05, 0.1) is 16.8 Å². The van der Waals surface area contributed by atoms with Gasteiger partial charge in [-0.3, -0.25) is 0 Å². The number of hydrogen-bond donors (Lipinski definition) is 0. The summed E-state index contributed by atoms with van der Waals surface area (Å²) in [5, 5.41) is 2.22. The molecule has 1 heterocycles. The summed E-state index contributed by atoms with van der Waals surface area (Å²) in [6.07, 6.45) is 0. The second kappa shape index (κ2) is 15.8. The first-order valence-corrected chi connectivity index (χ1v) is 24.7. The Bertz CT molecular complexity index is 3800. The molecule has 0 unspecified atom stereocenters. The topological polar surface area (TPSA) is 15.7 Å². The zero-order valence-corrected chi connectivity index (χ0v) is 39.6. The van der Waals surface area contributed by atoms with Crippen LogP contribution in [0.25, 0.3) is 44.2 Å². The number of benzene rings is 11. The SMILES string of the molecule is CC1(C)c2ccccc2-c2ccc(N(c3ccc4c(c3)C(c3ccccc3)(c3ccccc3)c3ccccc3-4)c3cc4c5c(cccc5c3)-c3cccc(N(c5ccccc5)c5ccccc5)c3O4)cc21. The predicted molar refractivity (Wildman–Crippen MR) is 294 cm³/mol. The molecule has 336 valence electrons. The van der Waals surface area contributed by atoms with Crippen molar-refractivity contribution in [3.05, 3.63) is 288 Å². The molecule has 0 spiro atoms. The van der Waals surface area contributed by atoms with Gasteiger partial charge in [-0.25, -0.2) is 0 Å². The number of rotatable bonds is 8. The summed E-state index contributed by atoms with van der Waals surface area (Å²) in [5.74, 6) is 1.65. The number of anilines is 6. The van der Waals surface area contributed by atoms with Crippen LogP contribution in [0.1, 0.15) is 47.2 Å². The lowest BCUT2D eigenvalue weighted by Gasteiger charge is -2.35. The third-order valence-electron chi connectivity index (χ3n) is 15.5. The quantitative estimate of drug-likeness (QED) is 0.151. The Morgan fingerprint density at radius 2 is 0.817 bits per heavy atom. The maximum atomic E-state index is 7.41. The van der Waals surface area contributed by atoms with Crippen LogP contribution in [0.15, 0.2) is 255 Å². The van der Waals surface area contributed by atoms with Crippen molar-refractivity contribution < 1.29 is 4.74 Å². The molecule has 3 aliphatic rings. The summed E-state index contributed by atoms with van der Waals surface area (Å²) in [7, 11) is 0. The third kappa shape index (κ3) is 6.09. The van der Waals surface area contributed by atoms with Crippen molar-refractivity contribution in [2.45, 2.75) is 24.7 Å². The Labute approximate surface area is 415 Å². The van der Waals surface area contributed by atoms with Crippen molar-refractivity contribution in [3.8, 4) is 44.9 Å². The second-order valence-electron chi connectivity index (χ2n) is 19.6. The first-order chi connectivity index (χ1) is 35.0. The van der Waals surface area contributed by atoms with Gasteiger partial charge in [0, 0.05) is 45.2 Å². The molecule has 0 atom stereocenters. The lowest BCUT2D eigenvalue weighted by molar-refractivity contribution is 0.488. The summed E-state index contributed by atoms with van der Waals surface area (Å²) in [6, 6.07) is 93.3. The fourth-order valence-corrected chi connectivity index (χ4v) is 12.4. The van der Waals surface area contributed by atoms with Crippen LogP contribution in [-0.4, -0.2) is 0 Å². The Kier molecular flexibility index (Phi) is 9.15. The van der Waals surface area contributed by atoms with E-state index in [1.54, 1.807) is 0 Å². The smallest absolute Gasteiger partial charge is 0.159 e. The first-order valence-electron chi connectivity index (χ1n) is 24.7. The maximum absolute atomic E-state index is 7.41. The fourth-order valence-electron chi connectivity index (χ4n) is 12.4. The van der Waals surface area contributed by atoms with Crippen LogP contribution < -0.4 is 14.5 Å². The van der Waals surface area contributed by atoms with Crippen molar-refractivity contribution in [3.63, 3.8) is 0 Å². The third-order valence-corrected chi connectivity index (χ3v) is 15.5. The van der Waals surface area contributed by atoms with Gasteiger partial charge in [0.2, 0.25) is 0 Å². The molecule has 3 nitrogen and oxygen atoms in total. The Morgan fingerprint density at radius 1 is 0.324 bits per heavy atom. The largest absolute Gasteiger partial charge is 0.454 e. The van der Waals surface area contributed by atoms with Gasteiger partial charge in [-0.1, -0.05) is 202 Å². The molecule has 11 aromatic rings. The highest BCUT2D eigenvalue weighted by Crippen LogP contribution is 2.59. The van der Waals surface area contributed by atoms with Gasteiger partial charge in [-0.2, -0.15) is 0 Å². The van der Waals surface area contributed by atoms with Gasteiger partial charge in [0.1, 0.15) is 5.75 Å². The molecule has 14 rings (SSSR count). The lowest BCUT2D eigenvalue weighted by atomic mass is 9.67. The van der Waals surface area contributed by atoms with E-state index in [2.05, 4.69) is 278 Å². The van der Waals surface area contributed by atoms with E-state index in [0.717, 1.165) is 67.5 Å². The Hall–Kier alpha value is -8.92. The number of para-hydroxylation sites is 3. The fraction of sp³-hybridized carbons (Fsp3) is 0.0588. The van der Waals surface area contributed by atoms with Crippen LogP contribution in [0, 0.1) is 0 Å². The van der Waals surface area contributed by atoms with E-state index in [-0.39, 0.29) is 5.41 Å². The molecule has 2 aliphatic carbocycles. The number of ether oxygens (including phenoxy) is 1. The van der Waals surface area contributed by atoms with E-state index >= 15 is 0 Å². The molecular weight excluding hydrogens is 861 g/mol. The summed E-state index contributed by atoms with van der Waals surface area (Å²) in [6.45, 7) is 4.73. The minimum absolute atomic E-state index is 0.195. The van der Waals surface area contributed by atoms with Crippen molar-refractivity contribution in [2.24, 2.45) is 0 Å². The normalized spacial score (nSPS) is 13.8. The molecule has 3 heteroatoms. The Morgan fingerprint density at radius 3 is 1.46 bits per heavy atom. The molecule has 0 amide bonds. The van der Waals surface area contributed by atoms with Crippen molar-refractivity contribution in [2.75, 3.05) is 9.80 Å². The monoisotopic (exact) mass is 908 g/mol. The van der Waals surface area contributed by atoms with E-state index in [0.29, 0.717) is 0 Å². The van der Waals surface area contributed by atoms with Gasteiger partial charge in [0.15, 0.2) is 5.75 Å². The van der Waals surface area contributed by atoms with E-state index in [4.69, 9.17) is 4.74 Å². The minimum Gasteiger partial charge on any atom is -0.454 e. The molecular formula is C68H48N2O. The van der Waals surface area contributed by atoms with Crippen molar-refractivity contribution >= 4 is 44.9 Å². The lowest BCUT2D eigenvalue weighted by Crippen LogP contribution is -2.28. The highest BCUT2D eigenvalue weighted by atomic mass is 16.5. The van der Waals surface area contributed by atoms with Crippen LogP contribution in [-0.2, 0) is 10.8 Å². The first kappa shape index (κ1) is 41.1. The predicted octanol–water partition coefficient (Wildman–Crippen LogP) is 18.2. The van der Waals surface area contributed by atoms with Crippen LogP contribution in [0.5, 0.6) is 11.5 Å². The van der Waals surface area contributed by atoms with Gasteiger partial charge in [-0.15, -0.1) is 0 Å². The summed E-state index contributed by atoms with van der Waals surface area (Å²) in [5.41, 5.74) is 20.5. The van der Waals surface area contributed by atoms with Crippen LogP contribution in [0.4, 0.5) is 34.1 Å². The zero-order chi connectivity index (χ0) is 47.3. The van der Waals surface area contributed by atoms with Gasteiger partial charge < -0.3 is 14.5 Å². The molecule has 1 aliphatic heterocycles. The molecule has 11 aromatic carbocycles. The summed E-state index contributed by atoms with van der Waals surface area (Å²) in [4.78, 5) is 4.77. The van der Waals surface area contributed by atoms with Gasteiger partial charge >= 0.3 is 0 Å². The van der Waals surface area contributed by atoms with E-state index in [1.807, 2.05) is 0 Å². The molecule has 0 fully saturated rings. The number of nitrogens with zero attached hydrogens (tertiary/aromatic N) is 2. The highest BCUT2D eigenvalue weighted by molar-refractivity contribution is 6.08. The summed E-state index contributed by atoms with van der Waals surface area (Å²) >= 11 is 0.